The molecular weight excluding hydrogens is 783 g/mol. The van der Waals surface area contributed by atoms with Gasteiger partial charge in [0, 0.05) is 32.7 Å². The number of benzene rings is 9. The second-order valence-corrected chi connectivity index (χ2v) is 19.8. The van der Waals surface area contributed by atoms with Crippen molar-refractivity contribution in [1.29, 1.82) is 0 Å². The molecule has 12 rings (SSSR count). The molecule has 0 aliphatic heterocycles. The van der Waals surface area contributed by atoms with Gasteiger partial charge < -0.3 is 4.57 Å². The predicted octanol–water partition coefficient (Wildman–Crippen LogP) is 10.8. The van der Waals surface area contributed by atoms with E-state index in [-0.39, 0.29) is 0 Å². The zero-order chi connectivity index (χ0) is 41.7. The minimum Gasteiger partial charge on any atom is -0.307 e. The van der Waals surface area contributed by atoms with Gasteiger partial charge in [-0.2, -0.15) is 9.97 Å². The number of nitrogens with zero attached hydrogens (tertiary/aromatic N) is 5. The summed E-state index contributed by atoms with van der Waals surface area (Å²) in [6, 6.07) is 85.1. The molecule has 0 aliphatic carbocycles. The van der Waals surface area contributed by atoms with Crippen LogP contribution in [0.25, 0.3) is 78.0 Å². The molecule has 0 N–H and O–H groups in total. The number of para-hydroxylation sites is 3. The third kappa shape index (κ3) is 5.87. The highest BCUT2D eigenvalue weighted by Gasteiger charge is 2.41. The predicted molar refractivity (Wildman–Crippen MR) is 263 cm³/mol. The van der Waals surface area contributed by atoms with Crippen molar-refractivity contribution in [2.24, 2.45) is 0 Å². The van der Waals surface area contributed by atoms with Crippen molar-refractivity contribution in [2.45, 2.75) is 0 Å². The molecule has 0 radical (unpaired) electrons. The lowest BCUT2D eigenvalue weighted by Gasteiger charge is -2.34. The molecule has 3 aromatic heterocycles. The maximum atomic E-state index is 5.28. The fourth-order valence-electron chi connectivity index (χ4n) is 9.82. The molecule has 5 nitrogen and oxygen atoms in total. The molecule has 63 heavy (non-hydrogen) atoms. The van der Waals surface area contributed by atoms with Gasteiger partial charge in [-0.15, -0.1) is 0 Å². The van der Waals surface area contributed by atoms with Crippen LogP contribution in [0.5, 0.6) is 0 Å². The quantitative estimate of drug-likeness (QED) is 0.113. The minimum absolute atomic E-state index is 0.564. The second-order valence-electron chi connectivity index (χ2n) is 16.0. The van der Waals surface area contributed by atoms with Crippen LogP contribution in [0, 0.1) is 0 Å². The first-order valence-corrected chi connectivity index (χ1v) is 23.4. The summed E-state index contributed by atoms with van der Waals surface area (Å²) < 4.78 is 4.69. The van der Waals surface area contributed by atoms with E-state index in [1.807, 2.05) is 36.4 Å². The molecule has 9 aromatic carbocycles. The molecule has 0 amide bonds. The zero-order valence-corrected chi connectivity index (χ0v) is 35.3. The summed E-state index contributed by atoms with van der Waals surface area (Å²) in [6.45, 7) is 0. The first-order valence-electron chi connectivity index (χ1n) is 21.4. The van der Waals surface area contributed by atoms with Crippen molar-refractivity contribution in [3.05, 3.63) is 237 Å². The molecule has 0 aliphatic rings. The summed E-state index contributed by atoms with van der Waals surface area (Å²) in [5.41, 5.74) is 7.21. The zero-order valence-electron chi connectivity index (χ0n) is 34.3. The van der Waals surface area contributed by atoms with Gasteiger partial charge in [-0.25, -0.2) is 4.98 Å². The number of aromatic nitrogens is 5. The van der Waals surface area contributed by atoms with E-state index in [1.165, 1.54) is 31.5 Å². The third-order valence-electron chi connectivity index (χ3n) is 12.5. The smallest absolute Gasteiger partial charge is 0.238 e. The lowest BCUT2D eigenvalue weighted by molar-refractivity contribution is 0.950. The highest BCUT2D eigenvalue weighted by molar-refractivity contribution is 7.20. The summed E-state index contributed by atoms with van der Waals surface area (Å²) in [7, 11) is -2.80. The van der Waals surface area contributed by atoms with Gasteiger partial charge in [-0.1, -0.05) is 212 Å². The third-order valence-corrected chi connectivity index (χ3v) is 17.3. The van der Waals surface area contributed by atoms with E-state index >= 15 is 0 Å². The number of hydrogen-bond donors (Lipinski definition) is 0. The van der Waals surface area contributed by atoms with E-state index in [0.29, 0.717) is 17.6 Å². The van der Waals surface area contributed by atoms with Crippen LogP contribution in [0.4, 0.5) is 0 Å². The molecule has 0 unspecified atom stereocenters. The molecule has 0 fully saturated rings. The van der Waals surface area contributed by atoms with Gasteiger partial charge in [0.25, 0.3) is 0 Å². The first-order chi connectivity index (χ1) is 31.3. The van der Waals surface area contributed by atoms with E-state index in [4.69, 9.17) is 15.0 Å². The van der Waals surface area contributed by atoms with Gasteiger partial charge in [-0.05, 0) is 45.0 Å². The van der Waals surface area contributed by atoms with Crippen molar-refractivity contribution in [3.8, 4) is 34.4 Å². The summed E-state index contributed by atoms with van der Waals surface area (Å²) in [5, 5.41) is 10.0. The van der Waals surface area contributed by atoms with Crippen molar-refractivity contribution >= 4 is 72.4 Å². The first kappa shape index (κ1) is 36.6. The normalized spacial score (nSPS) is 11.8. The van der Waals surface area contributed by atoms with Gasteiger partial charge in [0.05, 0.1) is 27.8 Å². The Morgan fingerprint density at radius 2 is 0.730 bits per heavy atom. The Bertz CT molecular complexity index is 3450. The summed E-state index contributed by atoms with van der Waals surface area (Å²) in [4.78, 5) is 15.6. The average Bonchev–Trinajstić information content (AvgIpc) is 3.89. The summed E-state index contributed by atoms with van der Waals surface area (Å²) in [6.07, 6.45) is 0. The van der Waals surface area contributed by atoms with Crippen LogP contribution < -0.4 is 20.7 Å². The molecule has 0 saturated carbocycles. The van der Waals surface area contributed by atoms with E-state index in [1.54, 1.807) is 0 Å². The summed E-state index contributed by atoms with van der Waals surface area (Å²) in [5.74, 6) is 1.80. The van der Waals surface area contributed by atoms with Crippen molar-refractivity contribution in [2.75, 3.05) is 0 Å². The Balaban J connectivity index is 1.16. The van der Waals surface area contributed by atoms with E-state index in [2.05, 4.69) is 209 Å². The monoisotopic (exact) mass is 821 g/mol. The van der Waals surface area contributed by atoms with Crippen molar-refractivity contribution in [1.82, 2.24) is 24.1 Å². The van der Waals surface area contributed by atoms with Crippen LogP contribution in [-0.4, -0.2) is 32.2 Å². The van der Waals surface area contributed by atoms with Crippen molar-refractivity contribution in [3.63, 3.8) is 0 Å². The Hall–Kier alpha value is -8.19. The van der Waals surface area contributed by atoms with E-state index < -0.39 is 8.07 Å². The van der Waals surface area contributed by atoms with Crippen molar-refractivity contribution < 1.29 is 0 Å². The van der Waals surface area contributed by atoms with Gasteiger partial charge in [0.15, 0.2) is 19.7 Å². The molecule has 12 aromatic rings. The molecule has 0 saturated heterocycles. The summed E-state index contributed by atoms with van der Waals surface area (Å²) >= 11 is 0. The van der Waals surface area contributed by atoms with Crippen LogP contribution in [0.1, 0.15) is 0 Å². The molecule has 296 valence electrons. The highest BCUT2D eigenvalue weighted by Crippen LogP contribution is 2.39. The molecule has 3 heterocycles. The second kappa shape index (κ2) is 15.1. The van der Waals surface area contributed by atoms with Gasteiger partial charge >= 0.3 is 0 Å². The lowest BCUT2D eigenvalue weighted by atomic mass is 10.1. The molecule has 0 atom stereocenters. The highest BCUT2D eigenvalue weighted by atomic mass is 28.3. The van der Waals surface area contributed by atoms with Crippen LogP contribution in [-0.2, 0) is 0 Å². The Labute approximate surface area is 365 Å². The van der Waals surface area contributed by atoms with Crippen LogP contribution >= 0.6 is 0 Å². The van der Waals surface area contributed by atoms with Crippen LogP contribution in [0.2, 0.25) is 0 Å². The van der Waals surface area contributed by atoms with Gasteiger partial charge in [0.2, 0.25) is 5.95 Å². The molecule has 0 spiro atoms. The fourth-order valence-corrected chi connectivity index (χ4v) is 14.6. The van der Waals surface area contributed by atoms with E-state index in [0.717, 1.165) is 49.7 Å². The minimum atomic E-state index is -2.80. The maximum absolute atomic E-state index is 5.28. The molecular formula is C57H39N5Si. The largest absolute Gasteiger partial charge is 0.307 e. The maximum Gasteiger partial charge on any atom is 0.238 e. The van der Waals surface area contributed by atoms with Crippen LogP contribution in [0.15, 0.2) is 237 Å². The Kier molecular flexibility index (Phi) is 8.76. The van der Waals surface area contributed by atoms with Gasteiger partial charge in [-0.3, -0.25) is 4.57 Å². The number of rotatable bonds is 8. The van der Waals surface area contributed by atoms with Gasteiger partial charge in [0.1, 0.15) is 0 Å². The van der Waals surface area contributed by atoms with Crippen LogP contribution in [0.3, 0.4) is 0 Å². The number of fused-ring (bicyclic) bond motifs is 6. The Morgan fingerprint density at radius 1 is 0.302 bits per heavy atom. The number of hydrogen-bond acceptors (Lipinski definition) is 3. The van der Waals surface area contributed by atoms with E-state index in [9.17, 15) is 0 Å². The average molecular weight is 822 g/mol. The lowest BCUT2D eigenvalue weighted by Crippen LogP contribution is -2.74. The standard InChI is InChI=1S/C57H39N5Si/c1-6-21-40(22-7-1)55-58-56(41-23-8-2-9-24-41)60-57(59-55)62-51-35-19-16-31-46(51)48-33-20-36-53(54(48)62)61-50-34-18-17-32-47(50)49-39-45(37-38-52(49)61)63(42-25-10-3-11-26-42,43-27-12-4-13-28-43)44-29-14-5-15-30-44/h1-39H. The Morgan fingerprint density at radius 3 is 1.27 bits per heavy atom. The molecule has 0 bridgehead atoms. The molecule has 6 heteroatoms. The fraction of sp³-hybridized carbons (Fsp3) is 0. The SMILES string of the molecule is c1ccc(-c2nc(-c3ccccc3)nc(-n3c4ccccc4c4cccc(-n5c6ccccc6c6cc([Si](c7ccccc7)(c7ccccc7)c7ccccc7)ccc65)c43)n2)cc1. The topological polar surface area (TPSA) is 48.5 Å².